The quantitative estimate of drug-likeness (QED) is 0.790. The van der Waals surface area contributed by atoms with Crippen molar-refractivity contribution in [2.75, 3.05) is 0 Å². The molecule has 0 unspecified atom stereocenters. The Bertz CT molecular complexity index is 457. The molecule has 1 aromatic heterocycles. The number of rotatable bonds is 3. The monoisotopic (exact) mass is 240 g/mol. The fraction of sp³-hybridized carbons (Fsp3) is 0.167. The van der Waals surface area contributed by atoms with Crippen LogP contribution in [0.5, 0.6) is 5.75 Å². The molecule has 4 heteroatoms. The molecule has 0 N–H and O–H groups in total. The van der Waals surface area contributed by atoms with Crippen LogP contribution in [0.3, 0.4) is 0 Å². The molecule has 1 nitrogen and oxygen atoms in total. The molecule has 0 bridgehead atoms. The highest BCUT2D eigenvalue weighted by Crippen LogP contribution is 2.21. The van der Waals surface area contributed by atoms with Crippen LogP contribution in [0.2, 0.25) is 0 Å². The van der Waals surface area contributed by atoms with Crippen molar-refractivity contribution in [3.05, 3.63) is 51.7 Å². The Morgan fingerprint density at radius 1 is 1.25 bits per heavy atom. The number of hydrogen-bond donors (Lipinski definition) is 0. The van der Waals surface area contributed by atoms with Crippen LogP contribution in [0.25, 0.3) is 0 Å². The van der Waals surface area contributed by atoms with Gasteiger partial charge in [-0.3, -0.25) is 0 Å². The van der Waals surface area contributed by atoms with Crippen LogP contribution in [-0.4, -0.2) is 0 Å². The summed E-state index contributed by atoms with van der Waals surface area (Å²) in [6.45, 7) is 1.73. The maximum absolute atomic E-state index is 13.2. The summed E-state index contributed by atoms with van der Waals surface area (Å²) in [5, 5.41) is 1.93. The zero-order chi connectivity index (χ0) is 11.5. The number of hydrogen-bond acceptors (Lipinski definition) is 2. The SMILES string of the molecule is Cc1c(F)cc(OCc2cccs2)cc1F. The molecule has 2 rings (SSSR count). The molecule has 16 heavy (non-hydrogen) atoms. The Balaban J connectivity index is 2.10. The van der Waals surface area contributed by atoms with Crippen molar-refractivity contribution < 1.29 is 13.5 Å². The lowest BCUT2D eigenvalue weighted by Crippen LogP contribution is -1.96. The molecule has 0 aliphatic rings. The molecular weight excluding hydrogens is 230 g/mol. The highest BCUT2D eigenvalue weighted by Gasteiger charge is 2.07. The van der Waals surface area contributed by atoms with Gasteiger partial charge in [0.25, 0.3) is 0 Å². The lowest BCUT2D eigenvalue weighted by molar-refractivity contribution is 0.306. The summed E-state index contributed by atoms with van der Waals surface area (Å²) in [4.78, 5) is 1.02. The first kappa shape index (κ1) is 11.1. The van der Waals surface area contributed by atoms with Crippen LogP contribution in [0.4, 0.5) is 8.78 Å². The van der Waals surface area contributed by atoms with Gasteiger partial charge in [0, 0.05) is 22.6 Å². The summed E-state index contributed by atoms with van der Waals surface area (Å²) in [5.74, 6) is -0.948. The van der Waals surface area contributed by atoms with Crippen molar-refractivity contribution >= 4 is 11.3 Å². The third kappa shape index (κ3) is 2.39. The molecule has 0 aliphatic carbocycles. The summed E-state index contributed by atoms with van der Waals surface area (Å²) >= 11 is 1.54. The average molecular weight is 240 g/mol. The predicted octanol–water partition coefficient (Wildman–Crippen LogP) is 3.91. The van der Waals surface area contributed by atoms with Crippen molar-refractivity contribution in [1.82, 2.24) is 0 Å². The minimum atomic E-state index is -0.582. The second-order valence-corrected chi connectivity index (χ2v) is 4.41. The minimum absolute atomic E-state index is 0.0171. The lowest BCUT2D eigenvalue weighted by atomic mass is 10.2. The molecule has 0 spiro atoms. The zero-order valence-electron chi connectivity index (χ0n) is 8.67. The number of thiophene rings is 1. The minimum Gasteiger partial charge on any atom is -0.488 e. The molecule has 2 aromatic rings. The second kappa shape index (κ2) is 4.61. The van der Waals surface area contributed by atoms with E-state index in [0.717, 1.165) is 4.88 Å². The summed E-state index contributed by atoms with van der Waals surface area (Å²) < 4.78 is 31.7. The molecule has 1 heterocycles. The molecule has 0 radical (unpaired) electrons. The van der Waals surface area contributed by atoms with Crippen LogP contribution in [0.15, 0.2) is 29.6 Å². The number of benzene rings is 1. The standard InChI is InChI=1S/C12H10F2OS/c1-8-11(13)5-9(6-12(8)14)15-7-10-3-2-4-16-10/h2-6H,7H2,1H3. The van der Waals surface area contributed by atoms with Crippen LogP contribution in [0.1, 0.15) is 10.4 Å². The number of ether oxygens (including phenoxy) is 1. The van der Waals surface area contributed by atoms with E-state index in [4.69, 9.17) is 4.74 Å². The topological polar surface area (TPSA) is 9.23 Å². The first-order chi connectivity index (χ1) is 7.66. The number of halogens is 2. The molecule has 0 aliphatic heterocycles. The third-order valence-electron chi connectivity index (χ3n) is 2.22. The Hall–Kier alpha value is -1.42. The molecule has 0 atom stereocenters. The van der Waals surface area contributed by atoms with E-state index in [0.29, 0.717) is 6.61 Å². The first-order valence-electron chi connectivity index (χ1n) is 4.77. The summed E-state index contributed by atoms with van der Waals surface area (Å²) in [6.07, 6.45) is 0. The molecule has 0 saturated heterocycles. The summed E-state index contributed by atoms with van der Waals surface area (Å²) in [7, 11) is 0. The maximum atomic E-state index is 13.2. The highest BCUT2D eigenvalue weighted by atomic mass is 32.1. The highest BCUT2D eigenvalue weighted by molar-refractivity contribution is 7.09. The van der Waals surface area contributed by atoms with Gasteiger partial charge in [0.05, 0.1) is 0 Å². The van der Waals surface area contributed by atoms with E-state index in [1.165, 1.54) is 19.1 Å². The van der Waals surface area contributed by atoms with E-state index in [1.807, 2.05) is 17.5 Å². The van der Waals surface area contributed by atoms with E-state index in [1.54, 1.807) is 11.3 Å². The van der Waals surface area contributed by atoms with Gasteiger partial charge in [-0.2, -0.15) is 0 Å². The van der Waals surface area contributed by atoms with Crippen molar-refractivity contribution in [2.45, 2.75) is 13.5 Å². The van der Waals surface area contributed by atoms with Crippen molar-refractivity contribution in [3.63, 3.8) is 0 Å². The fourth-order valence-electron chi connectivity index (χ4n) is 1.25. The fourth-order valence-corrected chi connectivity index (χ4v) is 1.87. The van der Waals surface area contributed by atoms with Gasteiger partial charge >= 0.3 is 0 Å². The smallest absolute Gasteiger partial charge is 0.132 e. The van der Waals surface area contributed by atoms with Crippen molar-refractivity contribution in [2.24, 2.45) is 0 Å². The van der Waals surface area contributed by atoms with Crippen LogP contribution < -0.4 is 4.74 Å². The Morgan fingerprint density at radius 2 is 1.94 bits per heavy atom. The van der Waals surface area contributed by atoms with Gasteiger partial charge in [0.1, 0.15) is 24.0 Å². The second-order valence-electron chi connectivity index (χ2n) is 3.38. The van der Waals surface area contributed by atoms with Crippen molar-refractivity contribution in [3.8, 4) is 5.75 Å². The van der Waals surface area contributed by atoms with E-state index in [-0.39, 0.29) is 11.3 Å². The lowest BCUT2D eigenvalue weighted by Gasteiger charge is -2.06. The molecule has 0 saturated carbocycles. The Labute approximate surface area is 96.3 Å². The van der Waals surface area contributed by atoms with E-state index < -0.39 is 11.6 Å². The summed E-state index contributed by atoms with van der Waals surface area (Å²) in [6, 6.07) is 6.21. The predicted molar refractivity (Wildman–Crippen MR) is 59.7 cm³/mol. The van der Waals surface area contributed by atoms with Crippen LogP contribution in [0, 0.1) is 18.6 Å². The molecule has 0 fully saturated rings. The Kier molecular flexibility index (Phi) is 3.19. The first-order valence-corrected chi connectivity index (χ1v) is 5.65. The van der Waals surface area contributed by atoms with Gasteiger partial charge in [-0.05, 0) is 18.4 Å². The van der Waals surface area contributed by atoms with Gasteiger partial charge in [-0.15, -0.1) is 11.3 Å². The molecule has 84 valence electrons. The normalized spacial score (nSPS) is 10.4. The van der Waals surface area contributed by atoms with E-state index >= 15 is 0 Å². The molecule has 0 amide bonds. The Morgan fingerprint density at radius 3 is 2.50 bits per heavy atom. The van der Waals surface area contributed by atoms with E-state index in [2.05, 4.69) is 0 Å². The zero-order valence-corrected chi connectivity index (χ0v) is 9.48. The summed E-state index contributed by atoms with van der Waals surface area (Å²) in [5.41, 5.74) is 0.0171. The van der Waals surface area contributed by atoms with Crippen LogP contribution in [-0.2, 0) is 6.61 Å². The van der Waals surface area contributed by atoms with Gasteiger partial charge in [0.2, 0.25) is 0 Å². The van der Waals surface area contributed by atoms with Crippen LogP contribution >= 0.6 is 11.3 Å². The molecule has 1 aromatic carbocycles. The third-order valence-corrected chi connectivity index (χ3v) is 3.07. The van der Waals surface area contributed by atoms with E-state index in [9.17, 15) is 8.78 Å². The molecular formula is C12H10F2OS. The van der Waals surface area contributed by atoms with Gasteiger partial charge in [-0.1, -0.05) is 6.07 Å². The van der Waals surface area contributed by atoms with Gasteiger partial charge in [0.15, 0.2) is 0 Å². The average Bonchev–Trinajstić information content (AvgIpc) is 2.75. The van der Waals surface area contributed by atoms with Gasteiger partial charge in [-0.25, -0.2) is 8.78 Å². The van der Waals surface area contributed by atoms with Crippen molar-refractivity contribution in [1.29, 1.82) is 0 Å². The van der Waals surface area contributed by atoms with Gasteiger partial charge < -0.3 is 4.74 Å². The maximum Gasteiger partial charge on any atom is 0.132 e. The largest absolute Gasteiger partial charge is 0.488 e.